The van der Waals surface area contributed by atoms with Crippen molar-refractivity contribution in [3.8, 4) is 11.5 Å². The number of benzene rings is 1. The Morgan fingerprint density at radius 3 is 2.88 bits per heavy atom. The van der Waals surface area contributed by atoms with Gasteiger partial charge in [-0.15, -0.1) is 11.3 Å². The molecular formula is C17H14ClN3O3S. The van der Waals surface area contributed by atoms with Gasteiger partial charge < -0.3 is 9.73 Å². The van der Waals surface area contributed by atoms with Crippen molar-refractivity contribution in [3.63, 3.8) is 0 Å². The maximum absolute atomic E-state index is 12.2. The first-order chi connectivity index (χ1) is 12.0. The molecule has 0 atom stereocenters. The maximum Gasteiger partial charge on any atom is 0.257 e. The predicted octanol–water partition coefficient (Wildman–Crippen LogP) is 3.94. The molecule has 0 radical (unpaired) electrons. The molecule has 1 aromatic carbocycles. The zero-order valence-corrected chi connectivity index (χ0v) is 14.8. The summed E-state index contributed by atoms with van der Waals surface area (Å²) in [5, 5.41) is 8.14. The number of anilines is 1. The zero-order valence-electron chi connectivity index (χ0n) is 13.2. The van der Waals surface area contributed by atoms with E-state index in [9.17, 15) is 9.59 Å². The summed E-state index contributed by atoms with van der Waals surface area (Å²) in [6, 6.07) is 10.2. The van der Waals surface area contributed by atoms with Crippen LogP contribution in [0, 0.1) is 0 Å². The molecule has 3 aromatic rings. The van der Waals surface area contributed by atoms with Crippen molar-refractivity contribution in [3.05, 3.63) is 58.1 Å². The van der Waals surface area contributed by atoms with Crippen molar-refractivity contribution in [2.45, 2.75) is 13.5 Å². The summed E-state index contributed by atoms with van der Waals surface area (Å²) in [4.78, 5) is 27.5. The fraction of sp³-hybridized carbons (Fsp3) is 0.118. The monoisotopic (exact) mass is 375 g/mol. The Morgan fingerprint density at radius 2 is 2.12 bits per heavy atom. The van der Waals surface area contributed by atoms with Gasteiger partial charge in [0, 0.05) is 22.9 Å². The van der Waals surface area contributed by atoms with Gasteiger partial charge in [0.05, 0.1) is 6.54 Å². The minimum absolute atomic E-state index is 0.127. The highest BCUT2D eigenvalue weighted by atomic mass is 35.5. The average molecular weight is 376 g/mol. The van der Waals surface area contributed by atoms with Crippen molar-refractivity contribution >= 4 is 39.9 Å². The van der Waals surface area contributed by atoms with Crippen LogP contribution in [0.5, 0.6) is 0 Å². The number of aromatic nitrogens is 1. The number of hydrogen-bond donors (Lipinski definition) is 2. The van der Waals surface area contributed by atoms with Gasteiger partial charge in [-0.25, -0.2) is 4.98 Å². The van der Waals surface area contributed by atoms with Gasteiger partial charge in [-0.2, -0.15) is 0 Å². The standard InChI is InChI=1S/C17H14ClN3O3S/c1-10(22)19-8-13-5-6-15(24-13)14-9-25-17(20-14)21-16(23)11-3-2-4-12(18)7-11/h2-7,9H,8H2,1H3,(H,19,22)(H,20,21,23). The number of carbonyl (C=O) groups excluding carboxylic acids is 2. The first kappa shape index (κ1) is 17.2. The van der Waals surface area contributed by atoms with Crippen LogP contribution < -0.4 is 10.6 Å². The Kier molecular flexibility index (Phi) is 5.16. The Balaban J connectivity index is 1.68. The van der Waals surface area contributed by atoms with E-state index in [0.29, 0.717) is 39.5 Å². The second-order valence-corrected chi connectivity index (χ2v) is 6.47. The molecule has 0 unspecified atom stereocenters. The first-order valence-corrected chi connectivity index (χ1v) is 8.63. The van der Waals surface area contributed by atoms with Crippen LogP contribution in [0.1, 0.15) is 23.0 Å². The Labute approximate surface area is 152 Å². The van der Waals surface area contributed by atoms with Gasteiger partial charge in [0.25, 0.3) is 5.91 Å². The fourth-order valence-electron chi connectivity index (χ4n) is 2.07. The van der Waals surface area contributed by atoms with Crippen LogP contribution in [0.2, 0.25) is 5.02 Å². The van der Waals surface area contributed by atoms with Gasteiger partial charge in [0.15, 0.2) is 10.9 Å². The quantitative estimate of drug-likeness (QED) is 0.707. The number of thiazole rings is 1. The summed E-state index contributed by atoms with van der Waals surface area (Å²) in [7, 11) is 0. The molecule has 128 valence electrons. The number of halogens is 1. The maximum atomic E-state index is 12.2. The van der Waals surface area contributed by atoms with Crippen LogP contribution in [0.25, 0.3) is 11.5 Å². The third-order valence-electron chi connectivity index (χ3n) is 3.24. The number of amides is 2. The molecule has 6 nitrogen and oxygen atoms in total. The molecule has 25 heavy (non-hydrogen) atoms. The molecule has 0 saturated carbocycles. The molecule has 2 amide bonds. The number of rotatable bonds is 5. The lowest BCUT2D eigenvalue weighted by Gasteiger charge is -2.01. The third kappa shape index (κ3) is 4.46. The van der Waals surface area contributed by atoms with Crippen LogP contribution in [0.3, 0.4) is 0 Å². The van der Waals surface area contributed by atoms with Crippen molar-refractivity contribution in [1.82, 2.24) is 10.3 Å². The minimum Gasteiger partial charge on any atom is -0.458 e. The van der Waals surface area contributed by atoms with E-state index in [1.807, 2.05) is 0 Å². The van der Waals surface area contributed by atoms with Gasteiger partial charge in [-0.1, -0.05) is 17.7 Å². The van der Waals surface area contributed by atoms with E-state index in [4.69, 9.17) is 16.0 Å². The van der Waals surface area contributed by atoms with E-state index >= 15 is 0 Å². The molecule has 0 saturated heterocycles. The second kappa shape index (κ2) is 7.50. The summed E-state index contributed by atoms with van der Waals surface area (Å²) in [5.74, 6) is 0.786. The highest BCUT2D eigenvalue weighted by molar-refractivity contribution is 7.14. The van der Waals surface area contributed by atoms with Gasteiger partial charge in [0.2, 0.25) is 5.91 Å². The number of carbonyl (C=O) groups is 2. The van der Waals surface area contributed by atoms with Crippen LogP contribution >= 0.6 is 22.9 Å². The molecule has 0 aliphatic rings. The highest BCUT2D eigenvalue weighted by Gasteiger charge is 2.12. The lowest BCUT2D eigenvalue weighted by atomic mass is 10.2. The van der Waals surface area contributed by atoms with E-state index in [0.717, 1.165) is 0 Å². The molecule has 2 heterocycles. The summed E-state index contributed by atoms with van der Waals surface area (Å²) in [6.07, 6.45) is 0. The average Bonchev–Trinajstić information content (AvgIpc) is 3.22. The van der Waals surface area contributed by atoms with Crippen LogP contribution in [-0.4, -0.2) is 16.8 Å². The summed E-state index contributed by atoms with van der Waals surface area (Å²) in [5.41, 5.74) is 1.07. The molecule has 0 fully saturated rings. The van der Waals surface area contributed by atoms with E-state index in [2.05, 4.69) is 15.6 Å². The highest BCUT2D eigenvalue weighted by Crippen LogP contribution is 2.27. The first-order valence-electron chi connectivity index (χ1n) is 7.37. The topological polar surface area (TPSA) is 84.2 Å². The van der Waals surface area contributed by atoms with Gasteiger partial charge >= 0.3 is 0 Å². The summed E-state index contributed by atoms with van der Waals surface area (Å²) < 4.78 is 5.64. The lowest BCUT2D eigenvalue weighted by molar-refractivity contribution is -0.119. The summed E-state index contributed by atoms with van der Waals surface area (Å²) in [6.45, 7) is 1.76. The Bertz CT molecular complexity index is 919. The Morgan fingerprint density at radius 1 is 1.28 bits per heavy atom. The molecule has 2 N–H and O–H groups in total. The van der Waals surface area contributed by atoms with Crippen LogP contribution in [0.15, 0.2) is 46.2 Å². The number of nitrogens with zero attached hydrogens (tertiary/aromatic N) is 1. The molecule has 0 bridgehead atoms. The molecule has 8 heteroatoms. The van der Waals surface area contributed by atoms with E-state index in [1.54, 1.807) is 41.8 Å². The molecule has 0 aliphatic carbocycles. The summed E-state index contributed by atoms with van der Waals surface area (Å²) >= 11 is 7.19. The van der Waals surface area contributed by atoms with Crippen molar-refractivity contribution in [1.29, 1.82) is 0 Å². The number of furan rings is 1. The second-order valence-electron chi connectivity index (χ2n) is 5.18. The number of nitrogens with one attached hydrogen (secondary N) is 2. The van der Waals surface area contributed by atoms with Crippen molar-refractivity contribution in [2.75, 3.05) is 5.32 Å². The molecular weight excluding hydrogens is 362 g/mol. The minimum atomic E-state index is -0.283. The normalized spacial score (nSPS) is 10.5. The van der Waals surface area contributed by atoms with Crippen molar-refractivity contribution < 1.29 is 14.0 Å². The molecule has 0 aliphatic heterocycles. The van der Waals surface area contributed by atoms with Crippen LogP contribution in [-0.2, 0) is 11.3 Å². The largest absolute Gasteiger partial charge is 0.458 e. The molecule has 3 rings (SSSR count). The van der Waals surface area contributed by atoms with Crippen molar-refractivity contribution in [2.24, 2.45) is 0 Å². The van der Waals surface area contributed by atoms with Gasteiger partial charge in [-0.3, -0.25) is 14.9 Å². The van der Waals surface area contributed by atoms with E-state index in [-0.39, 0.29) is 11.8 Å². The smallest absolute Gasteiger partial charge is 0.257 e. The molecule has 2 aromatic heterocycles. The SMILES string of the molecule is CC(=O)NCc1ccc(-c2csc(NC(=O)c3cccc(Cl)c3)n2)o1. The van der Waals surface area contributed by atoms with Crippen LogP contribution in [0.4, 0.5) is 5.13 Å². The van der Waals surface area contributed by atoms with E-state index < -0.39 is 0 Å². The lowest BCUT2D eigenvalue weighted by Crippen LogP contribution is -2.18. The Hall–Kier alpha value is -2.64. The zero-order chi connectivity index (χ0) is 17.8. The van der Waals surface area contributed by atoms with Gasteiger partial charge in [0.1, 0.15) is 11.5 Å². The predicted molar refractivity (Wildman–Crippen MR) is 96.7 cm³/mol. The van der Waals surface area contributed by atoms with Gasteiger partial charge in [-0.05, 0) is 30.3 Å². The fourth-order valence-corrected chi connectivity index (χ4v) is 2.95. The third-order valence-corrected chi connectivity index (χ3v) is 4.23. The molecule has 0 spiro atoms. The number of hydrogen-bond acceptors (Lipinski definition) is 5. The van der Waals surface area contributed by atoms with E-state index in [1.165, 1.54) is 18.3 Å².